The van der Waals surface area contributed by atoms with E-state index in [1.807, 2.05) is 18.2 Å². The zero-order valence-corrected chi connectivity index (χ0v) is 11.1. The van der Waals surface area contributed by atoms with E-state index in [0.717, 1.165) is 10.9 Å². The van der Waals surface area contributed by atoms with E-state index in [2.05, 4.69) is 10.3 Å². The summed E-state index contributed by atoms with van der Waals surface area (Å²) in [5.74, 6) is -0.254. The van der Waals surface area contributed by atoms with Crippen molar-refractivity contribution in [2.45, 2.75) is 0 Å². The quantitative estimate of drug-likeness (QED) is 0.628. The lowest BCUT2D eigenvalue weighted by molar-refractivity contribution is 0.102. The molecule has 5 heteroatoms. The number of benzene rings is 2. The summed E-state index contributed by atoms with van der Waals surface area (Å²) in [6.07, 6.45) is 1.79. The Morgan fingerprint density at radius 3 is 2.85 bits per heavy atom. The summed E-state index contributed by atoms with van der Waals surface area (Å²) >= 11 is 5.81. The average Bonchev–Trinajstić information content (AvgIpc) is 2.91. The van der Waals surface area contributed by atoms with Gasteiger partial charge in [0, 0.05) is 17.3 Å². The average molecular weight is 287 g/mol. The zero-order chi connectivity index (χ0) is 14.1. The van der Waals surface area contributed by atoms with Crippen LogP contribution in [0.4, 0.5) is 5.69 Å². The first-order valence-electron chi connectivity index (χ1n) is 6.01. The van der Waals surface area contributed by atoms with Gasteiger partial charge in [0.1, 0.15) is 5.75 Å². The van der Waals surface area contributed by atoms with Crippen LogP contribution in [0, 0.1) is 0 Å². The molecule has 1 aromatic heterocycles. The van der Waals surface area contributed by atoms with Crippen LogP contribution in [-0.4, -0.2) is 16.0 Å². The summed E-state index contributed by atoms with van der Waals surface area (Å²) < 4.78 is 0. The number of nitrogens with one attached hydrogen (secondary N) is 2. The van der Waals surface area contributed by atoms with Crippen LogP contribution in [0.5, 0.6) is 5.75 Å². The van der Waals surface area contributed by atoms with Crippen molar-refractivity contribution in [1.29, 1.82) is 0 Å². The Bertz CT molecular complexity index is 795. The Morgan fingerprint density at radius 1 is 1.20 bits per heavy atom. The fraction of sp³-hybridized carbons (Fsp3) is 0. The van der Waals surface area contributed by atoms with Gasteiger partial charge in [-0.2, -0.15) is 0 Å². The van der Waals surface area contributed by atoms with E-state index in [1.165, 1.54) is 12.1 Å². The minimum atomic E-state index is -0.236. The van der Waals surface area contributed by atoms with Gasteiger partial charge in [-0.3, -0.25) is 4.79 Å². The molecule has 0 saturated heterocycles. The molecule has 3 N–H and O–H groups in total. The highest BCUT2D eigenvalue weighted by atomic mass is 35.5. The number of amides is 1. The van der Waals surface area contributed by atoms with Gasteiger partial charge < -0.3 is 15.4 Å². The summed E-state index contributed by atoms with van der Waals surface area (Å²) in [5, 5.41) is 13.3. The largest absolute Gasteiger partial charge is 0.506 e. The van der Waals surface area contributed by atoms with E-state index in [1.54, 1.807) is 18.3 Å². The zero-order valence-electron chi connectivity index (χ0n) is 10.4. The molecule has 1 heterocycles. The fourth-order valence-electron chi connectivity index (χ4n) is 2.06. The first-order chi connectivity index (χ1) is 9.65. The Kier molecular flexibility index (Phi) is 3.08. The number of para-hydroxylation sites is 1. The maximum Gasteiger partial charge on any atom is 0.257 e. The number of carbonyl (C=O) groups excluding carboxylic acids is 1. The van der Waals surface area contributed by atoms with E-state index >= 15 is 0 Å². The summed E-state index contributed by atoms with van der Waals surface area (Å²) in [4.78, 5) is 15.3. The number of phenolic OH excluding ortho intramolecular Hbond substituents is 1. The van der Waals surface area contributed by atoms with Crippen LogP contribution in [0.1, 0.15) is 10.4 Å². The van der Waals surface area contributed by atoms with Crippen molar-refractivity contribution in [3.63, 3.8) is 0 Å². The van der Waals surface area contributed by atoms with Gasteiger partial charge in [-0.05, 0) is 30.3 Å². The molecule has 4 nitrogen and oxygen atoms in total. The molecule has 0 unspecified atom stereocenters. The van der Waals surface area contributed by atoms with Gasteiger partial charge in [-0.25, -0.2) is 0 Å². The SMILES string of the molecule is O=C(Nc1ccc(O)c(Cl)c1)c1cccc2cc[nH]c12. The molecule has 0 aliphatic rings. The number of aromatic hydroxyl groups is 1. The third-order valence-electron chi connectivity index (χ3n) is 3.04. The molecule has 0 atom stereocenters. The molecule has 0 spiro atoms. The van der Waals surface area contributed by atoms with E-state index in [-0.39, 0.29) is 16.7 Å². The monoisotopic (exact) mass is 286 g/mol. The van der Waals surface area contributed by atoms with Crippen molar-refractivity contribution in [1.82, 2.24) is 4.98 Å². The molecule has 0 bridgehead atoms. The first-order valence-corrected chi connectivity index (χ1v) is 6.39. The highest BCUT2D eigenvalue weighted by Gasteiger charge is 2.11. The maximum absolute atomic E-state index is 12.3. The third-order valence-corrected chi connectivity index (χ3v) is 3.34. The number of hydrogen-bond donors (Lipinski definition) is 3. The van der Waals surface area contributed by atoms with E-state index in [4.69, 9.17) is 11.6 Å². The van der Waals surface area contributed by atoms with Crippen LogP contribution in [0.15, 0.2) is 48.7 Å². The number of phenols is 1. The molecule has 1 amide bonds. The number of hydrogen-bond acceptors (Lipinski definition) is 2. The smallest absolute Gasteiger partial charge is 0.257 e. The normalized spacial score (nSPS) is 10.7. The van der Waals surface area contributed by atoms with Crippen molar-refractivity contribution in [2.24, 2.45) is 0 Å². The van der Waals surface area contributed by atoms with Gasteiger partial charge in [-0.15, -0.1) is 0 Å². The number of aromatic nitrogens is 1. The van der Waals surface area contributed by atoms with Crippen molar-refractivity contribution < 1.29 is 9.90 Å². The Morgan fingerprint density at radius 2 is 2.05 bits per heavy atom. The summed E-state index contributed by atoms with van der Waals surface area (Å²) in [6.45, 7) is 0. The van der Waals surface area contributed by atoms with Gasteiger partial charge in [0.25, 0.3) is 5.91 Å². The topological polar surface area (TPSA) is 65.1 Å². The molecule has 0 fully saturated rings. The van der Waals surface area contributed by atoms with Crippen LogP contribution in [0.25, 0.3) is 10.9 Å². The highest BCUT2D eigenvalue weighted by molar-refractivity contribution is 6.32. The van der Waals surface area contributed by atoms with Crippen molar-refractivity contribution in [3.05, 3.63) is 59.2 Å². The lowest BCUT2D eigenvalue weighted by Gasteiger charge is -2.07. The van der Waals surface area contributed by atoms with E-state index < -0.39 is 0 Å². The van der Waals surface area contributed by atoms with Crippen LogP contribution in [0.3, 0.4) is 0 Å². The van der Waals surface area contributed by atoms with Crippen LogP contribution < -0.4 is 5.32 Å². The van der Waals surface area contributed by atoms with Gasteiger partial charge >= 0.3 is 0 Å². The molecule has 100 valence electrons. The third kappa shape index (κ3) is 2.21. The van der Waals surface area contributed by atoms with Gasteiger partial charge in [0.05, 0.1) is 16.1 Å². The number of carbonyl (C=O) groups is 1. The number of rotatable bonds is 2. The summed E-state index contributed by atoms with van der Waals surface area (Å²) in [6, 6.07) is 11.9. The second-order valence-corrected chi connectivity index (χ2v) is 4.77. The second kappa shape index (κ2) is 4.90. The lowest BCUT2D eigenvalue weighted by Crippen LogP contribution is -2.12. The van der Waals surface area contributed by atoms with Crippen molar-refractivity contribution >= 4 is 34.1 Å². The van der Waals surface area contributed by atoms with Gasteiger partial charge in [0.2, 0.25) is 0 Å². The minimum Gasteiger partial charge on any atom is -0.506 e. The first kappa shape index (κ1) is 12.6. The second-order valence-electron chi connectivity index (χ2n) is 4.37. The molecule has 0 saturated carbocycles. The molecule has 3 aromatic rings. The van der Waals surface area contributed by atoms with Crippen molar-refractivity contribution in [3.8, 4) is 5.75 Å². The predicted octanol–water partition coefficient (Wildman–Crippen LogP) is 3.78. The van der Waals surface area contributed by atoms with Gasteiger partial charge in [-0.1, -0.05) is 23.7 Å². The number of anilines is 1. The lowest BCUT2D eigenvalue weighted by atomic mass is 10.1. The van der Waals surface area contributed by atoms with E-state index in [0.29, 0.717) is 11.3 Å². The molecular weight excluding hydrogens is 276 g/mol. The van der Waals surface area contributed by atoms with Crippen LogP contribution in [-0.2, 0) is 0 Å². The Balaban J connectivity index is 1.93. The maximum atomic E-state index is 12.3. The van der Waals surface area contributed by atoms with E-state index in [9.17, 15) is 9.90 Å². The molecule has 20 heavy (non-hydrogen) atoms. The Hall–Kier alpha value is -2.46. The fourth-order valence-corrected chi connectivity index (χ4v) is 2.24. The number of H-pyrrole nitrogens is 1. The number of aromatic amines is 1. The molecule has 3 rings (SSSR count). The molecule has 2 aromatic carbocycles. The minimum absolute atomic E-state index is 0.0175. The Labute approximate surface area is 120 Å². The van der Waals surface area contributed by atoms with Gasteiger partial charge in [0.15, 0.2) is 0 Å². The number of fused-ring (bicyclic) bond motifs is 1. The van der Waals surface area contributed by atoms with Crippen molar-refractivity contribution in [2.75, 3.05) is 5.32 Å². The molecular formula is C15H11ClN2O2. The number of halogens is 1. The molecule has 0 radical (unpaired) electrons. The van der Waals surface area contributed by atoms with Crippen LogP contribution >= 0.6 is 11.6 Å². The summed E-state index contributed by atoms with van der Waals surface area (Å²) in [7, 11) is 0. The highest BCUT2D eigenvalue weighted by Crippen LogP contribution is 2.26. The predicted molar refractivity (Wildman–Crippen MR) is 79.4 cm³/mol. The standard InChI is InChI=1S/C15H11ClN2O2/c16-12-8-10(4-5-13(12)19)18-15(20)11-3-1-2-9-6-7-17-14(9)11/h1-8,17,19H,(H,18,20). The summed E-state index contributed by atoms with van der Waals surface area (Å²) in [5.41, 5.74) is 1.87. The molecule has 0 aliphatic carbocycles. The molecule has 0 aliphatic heterocycles. The van der Waals surface area contributed by atoms with Crippen LogP contribution in [0.2, 0.25) is 5.02 Å².